The number of ether oxygens (including phenoxy) is 4. The fourth-order valence-corrected chi connectivity index (χ4v) is 12.5. The Hall–Kier alpha value is -7.24. The normalized spacial score (nSPS) is 16.2. The van der Waals surface area contributed by atoms with Gasteiger partial charge in [0.25, 0.3) is 11.8 Å². The Morgan fingerprint density at radius 3 is 2.11 bits per heavy atom. The number of nitrogens with one attached hydrogen (secondary N) is 3. The summed E-state index contributed by atoms with van der Waals surface area (Å²) in [5.74, 6) is -2.10. The Labute approximate surface area is 492 Å². The summed E-state index contributed by atoms with van der Waals surface area (Å²) in [6.45, 7) is 12.7. The van der Waals surface area contributed by atoms with Crippen molar-refractivity contribution in [3.8, 4) is 10.8 Å². The van der Waals surface area contributed by atoms with Crippen molar-refractivity contribution in [1.82, 2.24) is 39.8 Å². The number of rotatable bonds is 25. The van der Waals surface area contributed by atoms with Crippen molar-refractivity contribution < 1.29 is 51.7 Å². The highest BCUT2D eigenvalue weighted by Gasteiger charge is 2.38. The zero-order valence-electron chi connectivity index (χ0n) is 49.0. The van der Waals surface area contributed by atoms with Crippen LogP contribution >= 0.6 is 11.3 Å². The van der Waals surface area contributed by atoms with E-state index in [2.05, 4.69) is 71.2 Å². The first-order chi connectivity index (χ1) is 40.5. The van der Waals surface area contributed by atoms with Crippen LogP contribution in [0.5, 0.6) is 5.75 Å². The van der Waals surface area contributed by atoms with Gasteiger partial charge in [-0.25, -0.2) is 8.78 Å². The second kappa shape index (κ2) is 28.1. The minimum atomic E-state index is -1.16. The van der Waals surface area contributed by atoms with Crippen molar-refractivity contribution in [3.05, 3.63) is 122 Å². The highest BCUT2D eigenvalue weighted by Crippen LogP contribution is 2.40. The highest BCUT2D eigenvalue weighted by atomic mass is 32.1. The molecule has 3 N–H and O–H groups in total. The number of hydrogen-bond donors (Lipinski definition) is 3. The third-order valence-electron chi connectivity index (χ3n) is 16.3. The van der Waals surface area contributed by atoms with Gasteiger partial charge in [-0.05, 0) is 96.3 Å². The van der Waals surface area contributed by atoms with Gasteiger partial charge in [0, 0.05) is 85.3 Å². The number of benzene rings is 3. The summed E-state index contributed by atoms with van der Waals surface area (Å²) in [5.41, 5.74) is 5.77. The summed E-state index contributed by atoms with van der Waals surface area (Å²) in [6, 6.07) is 16.3. The van der Waals surface area contributed by atoms with Gasteiger partial charge in [0.1, 0.15) is 40.7 Å². The van der Waals surface area contributed by atoms with Gasteiger partial charge in [-0.3, -0.25) is 33.5 Å². The lowest BCUT2D eigenvalue weighted by Gasteiger charge is -2.39. The van der Waals surface area contributed by atoms with E-state index in [4.69, 9.17) is 23.9 Å². The number of aryl methyl sites for hydroxylation is 4. The number of aliphatic imine (C=N–C) groups is 1. The first-order valence-electron chi connectivity index (χ1n) is 29.0. The first kappa shape index (κ1) is 61.3. The fraction of sp³-hybridized carbons (Fsp3) is 0.484. The van der Waals surface area contributed by atoms with Crippen molar-refractivity contribution >= 4 is 63.1 Å². The van der Waals surface area contributed by atoms with Crippen molar-refractivity contribution in [2.45, 2.75) is 91.6 Å². The van der Waals surface area contributed by atoms with E-state index in [-0.39, 0.29) is 124 Å². The molecule has 2 aliphatic heterocycles. The molecule has 9 rings (SSSR count). The number of nitrogens with zero attached hydrogens (tertiary/aromatic N) is 7. The van der Waals surface area contributed by atoms with Crippen LogP contribution in [-0.2, 0) is 35.6 Å². The van der Waals surface area contributed by atoms with E-state index in [1.807, 2.05) is 11.5 Å². The monoisotopic (exact) mass is 1170 g/mol. The number of fused-ring (bicyclic) bond motifs is 4. The molecule has 0 radical (unpaired) electrons. The van der Waals surface area contributed by atoms with Gasteiger partial charge < -0.3 is 49.3 Å². The Bertz CT molecular complexity index is 3360. The molecule has 3 aliphatic rings. The zero-order valence-corrected chi connectivity index (χ0v) is 49.8. The Balaban J connectivity index is 0.678. The molecule has 22 heteroatoms. The molecule has 6 aromatic rings. The zero-order chi connectivity index (χ0) is 59.6. The van der Waals surface area contributed by atoms with Crippen LogP contribution in [0.1, 0.15) is 118 Å². The number of hydrogen-bond acceptors (Lipinski definition) is 14. The van der Waals surface area contributed by atoms with Gasteiger partial charge in [-0.1, -0.05) is 49.1 Å². The second-order valence-electron chi connectivity index (χ2n) is 21.9. The lowest BCUT2D eigenvalue weighted by molar-refractivity contribution is -0.142. The van der Waals surface area contributed by atoms with Gasteiger partial charge in [0.15, 0.2) is 17.5 Å². The van der Waals surface area contributed by atoms with Crippen LogP contribution in [0.15, 0.2) is 65.7 Å². The Kier molecular flexibility index (Phi) is 20.5. The quantitative estimate of drug-likeness (QED) is 0.0464. The van der Waals surface area contributed by atoms with Gasteiger partial charge in [0.2, 0.25) is 11.8 Å². The minimum absolute atomic E-state index is 0.00704. The Morgan fingerprint density at radius 1 is 0.786 bits per heavy atom. The summed E-state index contributed by atoms with van der Waals surface area (Å²) >= 11 is 1.67. The molecule has 4 amide bonds. The predicted octanol–water partition coefficient (Wildman–Crippen LogP) is 8.16. The largest absolute Gasteiger partial charge is 0.491 e. The lowest BCUT2D eigenvalue weighted by atomic mass is 9.76. The Morgan fingerprint density at radius 2 is 1.43 bits per heavy atom. The molecule has 0 bridgehead atoms. The fourth-order valence-electron chi connectivity index (χ4n) is 11.3. The maximum absolute atomic E-state index is 14.7. The van der Waals surface area contributed by atoms with Gasteiger partial charge in [0.05, 0.1) is 68.9 Å². The molecule has 448 valence electrons. The molecule has 1 saturated heterocycles. The van der Waals surface area contributed by atoms with Gasteiger partial charge in [-0.2, -0.15) is 0 Å². The van der Waals surface area contributed by atoms with E-state index < -0.39 is 35.4 Å². The number of carbonyl (C=O) groups excluding carboxylic acids is 5. The average molecular weight is 1180 g/mol. The van der Waals surface area contributed by atoms with Crippen LogP contribution in [0, 0.1) is 51.2 Å². The van der Waals surface area contributed by atoms with Gasteiger partial charge >= 0.3 is 0 Å². The number of anilines is 1. The number of piperazine rings is 1. The van der Waals surface area contributed by atoms with E-state index >= 15 is 0 Å². The molecule has 3 aromatic heterocycles. The summed E-state index contributed by atoms with van der Waals surface area (Å²) < 4.78 is 55.6. The number of Topliss-reactive ketones (excluding diaryl/α,β-unsaturated/α-hetero) is 1. The maximum atomic E-state index is 14.7. The number of carbonyl (C=O) groups is 5. The van der Waals surface area contributed by atoms with Crippen LogP contribution in [0.25, 0.3) is 15.9 Å². The molecule has 0 spiro atoms. The topological polar surface area (TPSA) is 213 Å². The highest BCUT2D eigenvalue weighted by molar-refractivity contribution is 7.15. The molecular weight excluding hydrogens is 1100 g/mol. The number of halogens is 2. The molecule has 5 heterocycles. The molecule has 2 fully saturated rings. The molecule has 3 atom stereocenters. The minimum Gasteiger partial charge on any atom is -0.491 e. The number of ketones is 1. The lowest BCUT2D eigenvalue weighted by Crippen LogP contribution is -2.53. The standard InChI is InChI=1S/C62H76F2N10O9S/c1-37-13-15-43(16-14-37)56-54-38(2)40(4)84-62(54)74-41(5)69-70-58(74)50(68-56)36-53(76)67-44-17-19-45(20-18-44)83-32-31-82-30-29-81-28-27-80-26-21-66-59(77)55-47-33-48(63)49(64)35-51(47)71(7)57(55)61(79)73-24-22-72(23-25-73)60(78)46(34-52(75)39(3)65-6)42-11-9-8-10-12-42/h13-20,33,35,39,42,46,50,65H,8-12,21-32,34,36H2,1-7H3,(H,66,77)(H,67,76)/t39-,46?,50-/m0/s1. The van der Waals surface area contributed by atoms with Crippen molar-refractivity contribution in [3.63, 3.8) is 0 Å². The molecule has 84 heavy (non-hydrogen) atoms. The number of amides is 4. The van der Waals surface area contributed by atoms with Crippen LogP contribution in [0.2, 0.25) is 0 Å². The molecular formula is C62H76F2N10O9S. The van der Waals surface area contributed by atoms with Crippen molar-refractivity contribution in [1.29, 1.82) is 0 Å². The SMILES string of the molecule is CN[C@@H](C)C(=O)CC(C(=O)N1CCN(C(=O)c2c(C(=O)NCCOCCOCCOCCOc3ccc(NC(=O)C[C@@H]4N=C(c5ccc(C)cc5)c5c(sc(C)c5C)-n5c(C)nnc54)cc3)c3cc(F)c(F)cc3n2C)CC1)C1CCCCC1. The van der Waals surface area contributed by atoms with E-state index in [1.165, 1.54) is 16.5 Å². The van der Waals surface area contributed by atoms with Crippen LogP contribution in [0.3, 0.4) is 0 Å². The van der Waals surface area contributed by atoms with Crippen molar-refractivity contribution in [2.24, 2.45) is 23.9 Å². The summed E-state index contributed by atoms with van der Waals surface area (Å²) in [7, 11) is 3.26. The molecule has 1 aliphatic carbocycles. The van der Waals surface area contributed by atoms with Gasteiger partial charge in [-0.15, -0.1) is 21.5 Å². The first-order valence-corrected chi connectivity index (χ1v) is 29.8. The van der Waals surface area contributed by atoms with E-state index in [0.717, 1.165) is 83.0 Å². The van der Waals surface area contributed by atoms with E-state index in [1.54, 1.807) is 59.4 Å². The summed E-state index contributed by atoms with van der Waals surface area (Å²) in [6.07, 6.45) is 5.16. The second-order valence-corrected chi connectivity index (χ2v) is 23.1. The van der Waals surface area contributed by atoms with Crippen LogP contribution < -0.4 is 20.7 Å². The van der Waals surface area contributed by atoms with E-state index in [9.17, 15) is 32.8 Å². The molecule has 1 unspecified atom stereocenters. The third-order valence-corrected chi connectivity index (χ3v) is 17.5. The molecule has 19 nitrogen and oxygen atoms in total. The summed E-state index contributed by atoms with van der Waals surface area (Å²) in [4.78, 5) is 78.7. The molecule has 3 aromatic carbocycles. The average Bonchev–Trinajstić information content (AvgIpc) is 2.40. The van der Waals surface area contributed by atoms with E-state index in [0.29, 0.717) is 37.1 Å². The maximum Gasteiger partial charge on any atom is 0.271 e. The van der Waals surface area contributed by atoms with Crippen LogP contribution in [-0.4, -0.2) is 156 Å². The predicted molar refractivity (Wildman–Crippen MR) is 317 cm³/mol. The van der Waals surface area contributed by atoms with Crippen LogP contribution in [0.4, 0.5) is 14.5 Å². The molecule has 1 saturated carbocycles. The van der Waals surface area contributed by atoms with Crippen molar-refractivity contribution in [2.75, 3.05) is 91.3 Å². The third kappa shape index (κ3) is 14.1. The summed E-state index contributed by atoms with van der Waals surface area (Å²) in [5, 5.41) is 18.8. The number of likely N-dealkylation sites (N-methyl/N-ethyl adjacent to an activating group) is 1. The number of thiophene rings is 1. The smallest absolute Gasteiger partial charge is 0.271 e. The number of aromatic nitrogens is 4.